The number of carbonyl (C=O) groups is 2. The van der Waals surface area contributed by atoms with E-state index in [1.807, 2.05) is 6.07 Å². The van der Waals surface area contributed by atoms with E-state index >= 15 is 0 Å². The Morgan fingerprint density at radius 3 is 2.56 bits per heavy atom. The predicted molar refractivity (Wildman–Crippen MR) is 138 cm³/mol. The monoisotopic (exact) mass is 528 g/mol. The van der Waals surface area contributed by atoms with E-state index in [2.05, 4.69) is 26.4 Å². The van der Waals surface area contributed by atoms with Crippen LogP contribution in [0.3, 0.4) is 0 Å². The van der Waals surface area contributed by atoms with Gasteiger partial charge in [-0.2, -0.15) is 0 Å². The lowest BCUT2D eigenvalue weighted by molar-refractivity contribution is -0.113. The molecule has 0 unspecified atom stereocenters. The predicted octanol–water partition coefficient (Wildman–Crippen LogP) is 2.67. The lowest BCUT2D eigenvalue weighted by Gasteiger charge is -2.36. The number of hydrazine groups is 1. The van der Waals surface area contributed by atoms with E-state index in [1.54, 1.807) is 47.4 Å². The van der Waals surface area contributed by atoms with Crippen LogP contribution >= 0.6 is 23.2 Å². The van der Waals surface area contributed by atoms with Crippen LogP contribution in [0.4, 0.5) is 5.69 Å². The van der Waals surface area contributed by atoms with Gasteiger partial charge in [0.15, 0.2) is 0 Å². The third-order valence-corrected chi connectivity index (χ3v) is 6.79. The number of nitrogens with zero attached hydrogens (tertiary/aromatic N) is 2. The summed E-state index contributed by atoms with van der Waals surface area (Å²) < 4.78 is 5.31. The van der Waals surface area contributed by atoms with Crippen molar-refractivity contribution >= 4 is 40.7 Å². The minimum atomic E-state index is -0.312. The average molecular weight is 529 g/mol. The van der Waals surface area contributed by atoms with Gasteiger partial charge in [-0.1, -0.05) is 23.2 Å². The SMILES string of the molecule is O=C(Nc1ccc(C(=O)N2CCOCC2)cc1)C1=CC2=C(NCCN2Cc2cc(Cl)ccc2Cl)NN1. The highest BCUT2D eigenvalue weighted by atomic mass is 35.5. The van der Waals surface area contributed by atoms with Gasteiger partial charge in [-0.3, -0.25) is 20.4 Å². The summed E-state index contributed by atoms with van der Waals surface area (Å²) in [6.07, 6.45) is 1.79. The highest BCUT2D eigenvalue weighted by molar-refractivity contribution is 6.33. The maximum absolute atomic E-state index is 13.0. The first kappa shape index (κ1) is 24.3. The lowest BCUT2D eigenvalue weighted by Crippen LogP contribution is -2.50. The smallest absolute Gasteiger partial charge is 0.273 e. The van der Waals surface area contributed by atoms with Crippen molar-refractivity contribution in [3.05, 3.63) is 86.9 Å². The fraction of sp³-hybridized carbons (Fsp3) is 0.280. The molecule has 1 fully saturated rings. The number of ether oxygens (including phenoxy) is 1. The van der Waals surface area contributed by atoms with Gasteiger partial charge in [0.2, 0.25) is 0 Å². The number of hydrogen-bond donors (Lipinski definition) is 4. The molecule has 0 bridgehead atoms. The number of rotatable bonds is 5. The topological polar surface area (TPSA) is 98.0 Å². The maximum Gasteiger partial charge on any atom is 0.273 e. The molecule has 0 atom stereocenters. The van der Waals surface area contributed by atoms with E-state index in [-0.39, 0.29) is 11.8 Å². The van der Waals surface area contributed by atoms with Crippen molar-refractivity contribution in [2.24, 2.45) is 0 Å². The molecule has 1 saturated heterocycles. The second-order valence-electron chi connectivity index (χ2n) is 8.59. The van der Waals surface area contributed by atoms with Crippen molar-refractivity contribution in [3.8, 4) is 0 Å². The highest BCUT2D eigenvalue weighted by Crippen LogP contribution is 2.26. The molecule has 0 aromatic heterocycles. The zero-order valence-corrected chi connectivity index (χ0v) is 21.0. The Hall–Kier alpha value is -3.40. The van der Waals surface area contributed by atoms with Crippen LogP contribution in [0.2, 0.25) is 10.0 Å². The Morgan fingerprint density at radius 1 is 1.00 bits per heavy atom. The zero-order valence-electron chi connectivity index (χ0n) is 19.4. The summed E-state index contributed by atoms with van der Waals surface area (Å²) in [4.78, 5) is 29.5. The Bertz CT molecular complexity index is 1220. The highest BCUT2D eigenvalue weighted by Gasteiger charge is 2.25. The minimum absolute atomic E-state index is 0.0406. The summed E-state index contributed by atoms with van der Waals surface area (Å²) in [6.45, 7) is 4.27. The molecule has 188 valence electrons. The molecule has 2 amide bonds. The number of halogens is 2. The Kier molecular flexibility index (Phi) is 7.22. The average Bonchev–Trinajstić information content (AvgIpc) is 2.91. The Labute approximate surface area is 219 Å². The van der Waals surface area contributed by atoms with E-state index in [1.165, 1.54) is 0 Å². The van der Waals surface area contributed by atoms with E-state index in [0.717, 1.165) is 30.2 Å². The number of amides is 2. The molecule has 3 heterocycles. The van der Waals surface area contributed by atoms with Crippen LogP contribution in [-0.4, -0.2) is 61.0 Å². The summed E-state index contributed by atoms with van der Waals surface area (Å²) in [5.41, 5.74) is 9.28. The summed E-state index contributed by atoms with van der Waals surface area (Å²) in [6, 6.07) is 12.3. The van der Waals surface area contributed by atoms with Crippen molar-refractivity contribution in [1.82, 2.24) is 26.0 Å². The quantitative estimate of drug-likeness (QED) is 0.473. The van der Waals surface area contributed by atoms with Gasteiger partial charge < -0.3 is 25.2 Å². The number of benzene rings is 2. The number of nitrogens with one attached hydrogen (secondary N) is 4. The van der Waals surface area contributed by atoms with Crippen LogP contribution in [0.15, 0.2) is 65.8 Å². The molecule has 2 aromatic rings. The van der Waals surface area contributed by atoms with Crippen LogP contribution in [0.5, 0.6) is 0 Å². The second kappa shape index (κ2) is 10.7. The Balaban J connectivity index is 1.27. The molecule has 0 radical (unpaired) electrons. The molecule has 9 nitrogen and oxygen atoms in total. The summed E-state index contributed by atoms with van der Waals surface area (Å²) in [5.74, 6) is 0.427. The number of hydrogen-bond acceptors (Lipinski definition) is 7. The first-order valence-corrected chi connectivity index (χ1v) is 12.4. The normalized spacial score (nSPS) is 17.3. The van der Waals surface area contributed by atoms with Crippen LogP contribution in [0.25, 0.3) is 0 Å². The van der Waals surface area contributed by atoms with Crippen LogP contribution in [0, 0.1) is 0 Å². The van der Waals surface area contributed by atoms with Gasteiger partial charge in [0, 0.05) is 54.0 Å². The molecule has 11 heteroatoms. The maximum atomic E-state index is 13.0. The number of carbonyl (C=O) groups excluding carboxylic acids is 2. The van der Waals surface area contributed by atoms with E-state index in [0.29, 0.717) is 59.8 Å². The fourth-order valence-electron chi connectivity index (χ4n) is 4.26. The molecule has 4 N–H and O–H groups in total. The largest absolute Gasteiger partial charge is 0.378 e. The first-order valence-electron chi connectivity index (χ1n) is 11.7. The molecule has 3 aliphatic rings. The lowest BCUT2D eigenvalue weighted by atomic mass is 10.1. The standard InChI is InChI=1S/C25H26Cl2N6O3/c26-18-3-6-20(27)17(13-18)15-33-8-7-28-23-22(33)14-21(30-31-23)24(34)29-19-4-1-16(2-5-19)25(35)32-9-11-36-12-10-32/h1-6,13-14,28,30-31H,7-12,15H2,(H,29,34). The molecule has 2 aromatic carbocycles. The van der Waals surface area contributed by atoms with Gasteiger partial charge in [-0.05, 0) is 54.1 Å². The zero-order chi connectivity index (χ0) is 25.1. The van der Waals surface area contributed by atoms with Crippen molar-refractivity contribution in [2.45, 2.75) is 6.54 Å². The third-order valence-electron chi connectivity index (χ3n) is 6.19. The van der Waals surface area contributed by atoms with Crippen molar-refractivity contribution in [2.75, 3.05) is 44.7 Å². The molecular formula is C25H26Cl2N6O3. The number of anilines is 1. The molecule has 5 rings (SSSR count). The van der Waals surface area contributed by atoms with Crippen molar-refractivity contribution in [1.29, 1.82) is 0 Å². The van der Waals surface area contributed by atoms with Crippen molar-refractivity contribution in [3.63, 3.8) is 0 Å². The summed E-state index contributed by atoms with van der Waals surface area (Å²) in [7, 11) is 0. The van der Waals surface area contributed by atoms with Crippen LogP contribution in [0.1, 0.15) is 15.9 Å². The summed E-state index contributed by atoms with van der Waals surface area (Å²) >= 11 is 12.5. The summed E-state index contributed by atoms with van der Waals surface area (Å²) in [5, 5.41) is 7.44. The van der Waals surface area contributed by atoms with E-state index in [4.69, 9.17) is 27.9 Å². The van der Waals surface area contributed by atoms with E-state index < -0.39 is 0 Å². The van der Waals surface area contributed by atoms with Gasteiger partial charge in [0.25, 0.3) is 11.8 Å². The van der Waals surface area contributed by atoms with Gasteiger partial charge in [-0.15, -0.1) is 0 Å². The van der Waals surface area contributed by atoms with Gasteiger partial charge in [0.1, 0.15) is 11.5 Å². The first-order chi connectivity index (χ1) is 17.5. The molecule has 0 aliphatic carbocycles. The second-order valence-corrected chi connectivity index (χ2v) is 9.43. The number of allylic oxidation sites excluding steroid dienone is 1. The van der Waals surface area contributed by atoms with Crippen LogP contribution in [-0.2, 0) is 16.1 Å². The van der Waals surface area contributed by atoms with E-state index in [9.17, 15) is 9.59 Å². The third kappa shape index (κ3) is 5.38. The Morgan fingerprint density at radius 2 is 1.78 bits per heavy atom. The molecule has 3 aliphatic heterocycles. The molecular weight excluding hydrogens is 503 g/mol. The minimum Gasteiger partial charge on any atom is -0.378 e. The number of morpholine rings is 1. The van der Waals surface area contributed by atoms with Crippen LogP contribution < -0.4 is 21.5 Å². The fourth-order valence-corrected chi connectivity index (χ4v) is 4.63. The molecule has 0 spiro atoms. The molecule has 36 heavy (non-hydrogen) atoms. The van der Waals surface area contributed by atoms with Gasteiger partial charge in [-0.25, -0.2) is 0 Å². The van der Waals surface area contributed by atoms with Crippen molar-refractivity contribution < 1.29 is 14.3 Å². The molecule has 0 saturated carbocycles. The van der Waals surface area contributed by atoms with Gasteiger partial charge in [0.05, 0.1) is 18.9 Å². The van der Waals surface area contributed by atoms with Gasteiger partial charge >= 0.3 is 0 Å².